The Morgan fingerprint density at radius 1 is 1.00 bits per heavy atom. The SMILES string of the molecule is O=C1Cc2cccc(Oc3cccc4ccncc34)c2C(=O)N1. The van der Waals surface area contributed by atoms with E-state index in [-0.39, 0.29) is 12.3 Å². The van der Waals surface area contributed by atoms with Gasteiger partial charge in [0.05, 0.1) is 12.0 Å². The van der Waals surface area contributed by atoms with Crippen molar-refractivity contribution in [3.63, 3.8) is 0 Å². The third-order valence-corrected chi connectivity index (χ3v) is 3.81. The number of amides is 2. The van der Waals surface area contributed by atoms with Gasteiger partial charge in [-0.25, -0.2) is 0 Å². The average Bonchev–Trinajstić information content (AvgIpc) is 2.55. The van der Waals surface area contributed by atoms with Crippen LogP contribution in [0.3, 0.4) is 0 Å². The molecule has 2 aromatic carbocycles. The van der Waals surface area contributed by atoms with Gasteiger partial charge in [-0.05, 0) is 29.1 Å². The molecule has 2 heterocycles. The number of nitrogens with one attached hydrogen (secondary N) is 1. The van der Waals surface area contributed by atoms with Crippen LogP contribution in [-0.4, -0.2) is 16.8 Å². The molecule has 3 aromatic rings. The van der Waals surface area contributed by atoms with Crippen LogP contribution >= 0.6 is 0 Å². The molecule has 112 valence electrons. The van der Waals surface area contributed by atoms with Crippen molar-refractivity contribution in [3.05, 3.63) is 66.0 Å². The number of carbonyl (C=O) groups excluding carboxylic acids is 2. The Bertz CT molecular complexity index is 945. The number of imide groups is 1. The van der Waals surface area contributed by atoms with Gasteiger partial charge in [-0.15, -0.1) is 0 Å². The number of hydrogen-bond acceptors (Lipinski definition) is 4. The zero-order chi connectivity index (χ0) is 15.8. The molecule has 1 aliphatic heterocycles. The fraction of sp³-hybridized carbons (Fsp3) is 0.0556. The van der Waals surface area contributed by atoms with Gasteiger partial charge in [0.2, 0.25) is 5.91 Å². The summed E-state index contributed by atoms with van der Waals surface area (Å²) in [5.41, 5.74) is 1.09. The Morgan fingerprint density at radius 3 is 2.74 bits per heavy atom. The number of ether oxygens (including phenoxy) is 1. The number of rotatable bonds is 2. The van der Waals surface area contributed by atoms with E-state index in [1.807, 2.05) is 24.3 Å². The molecule has 0 aliphatic carbocycles. The molecular formula is C18H12N2O3. The van der Waals surface area contributed by atoms with Crippen molar-refractivity contribution in [2.75, 3.05) is 0 Å². The molecule has 0 spiro atoms. The summed E-state index contributed by atoms with van der Waals surface area (Å²) in [5, 5.41) is 4.19. The lowest BCUT2D eigenvalue weighted by Crippen LogP contribution is -2.37. The van der Waals surface area contributed by atoms with E-state index < -0.39 is 5.91 Å². The van der Waals surface area contributed by atoms with Crippen LogP contribution in [0.25, 0.3) is 10.8 Å². The Kier molecular flexibility index (Phi) is 3.05. The number of pyridine rings is 1. The number of fused-ring (bicyclic) bond motifs is 2. The van der Waals surface area contributed by atoms with Crippen LogP contribution in [0, 0.1) is 0 Å². The van der Waals surface area contributed by atoms with E-state index >= 15 is 0 Å². The zero-order valence-corrected chi connectivity index (χ0v) is 12.1. The molecule has 0 bridgehead atoms. The fourth-order valence-electron chi connectivity index (χ4n) is 2.77. The number of aromatic nitrogens is 1. The van der Waals surface area contributed by atoms with E-state index in [2.05, 4.69) is 10.3 Å². The smallest absolute Gasteiger partial charge is 0.261 e. The lowest BCUT2D eigenvalue weighted by Gasteiger charge is -2.19. The summed E-state index contributed by atoms with van der Waals surface area (Å²) >= 11 is 0. The summed E-state index contributed by atoms with van der Waals surface area (Å²) in [6, 6.07) is 12.9. The molecule has 0 atom stereocenters. The lowest BCUT2D eigenvalue weighted by molar-refractivity contribution is -0.119. The van der Waals surface area contributed by atoms with E-state index in [1.54, 1.807) is 30.6 Å². The van der Waals surface area contributed by atoms with E-state index in [0.29, 0.717) is 22.6 Å². The van der Waals surface area contributed by atoms with Gasteiger partial charge in [-0.2, -0.15) is 0 Å². The maximum Gasteiger partial charge on any atom is 0.261 e. The molecule has 0 fully saturated rings. The fourth-order valence-corrected chi connectivity index (χ4v) is 2.77. The monoisotopic (exact) mass is 304 g/mol. The van der Waals surface area contributed by atoms with Crippen molar-refractivity contribution in [3.8, 4) is 11.5 Å². The van der Waals surface area contributed by atoms with Gasteiger partial charge in [0.1, 0.15) is 11.5 Å². The highest BCUT2D eigenvalue weighted by molar-refractivity contribution is 6.11. The van der Waals surface area contributed by atoms with Crippen LogP contribution in [0.5, 0.6) is 11.5 Å². The van der Waals surface area contributed by atoms with E-state index in [9.17, 15) is 9.59 Å². The summed E-state index contributed by atoms with van der Waals surface area (Å²) < 4.78 is 5.98. The van der Waals surface area contributed by atoms with Crippen LogP contribution in [0.2, 0.25) is 0 Å². The molecule has 5 nitrogen and oxygen atoms in total. The number of benzene rings is 2. The maximum absolute atomic E-state index is 12.1. The van der Waals surface area contributed by atoms with Gasteiger partial charge in [0.15, 0.2) is 0 Å². The van der Waals surface area contributed by atoms with Crippen molar-refractivity contribution in [2.24, 2.45) is 0 Å². The van der Waals surface area contributed by atoms with Crippen LogP contribution in [0.1, 0.15) is 15.9 Å². The summed E-state index contributed by atoms with van der Waals surface area (Å²) in [6.45, 7) is 0. The molecule has 23 heavy (non-hydrogen) atoms. The predicted octanol–water partition coefficient (Wildman–Crippen LogP) is 2.84. The molecule has 0 unspecified atom stereocenters. The van der Waals surface area contributed by atoms with E-state index in [4.69, 9.17) is 4.74 Å². The van der Waals surface area contributed by atoms with Crippen molar-refractivity contribution in [2.45, 2.75) is 6.42 Å². The Balaban J connectivity index is 1.82. The first-order chi connectivity index (χ1) is 11.2. The third kappa shape index (κ3) is 2.32. The van der Waals surface area contributed by atoms with Gasteiger partial charge in [0, 0.05) is 17.8 Å². The number of hydrogen-bond donors (Lipinski definition) is 1. The quantitative estimate of drug-likeness (QED) is 0.739. The van der Waals surface area contributed by atoms with Gasteiger partial charge in [-0.3, -0.25) is 19.9 Å². The lowest BCUT2D eigenvalue weighted by atomic mass is 9.99. The number of nitrogens with zero attached hydrogens (tertiary/aromatic N) is 1. The van der Waals surface area contributed by atoms with Crippen LogP contribution in [0.4, 0.5) is 0 Å². The minimum Gasteiger partial charge on any atom is -0.456 e. The highest BCUT2D eigenvalue weighted by Gasteiger charge is 2.26. The molecule has 1 N–H and O–H groups in total. The second kappa shape index (κ2) is 5.21. The maximum atomic E-state index is 12.1. The topological polar surface area (TPSA) is 68.3 Å². The van der Waals surface area contributed by atoms with Gasteiger partial charge in [-0.1, -0.05) is 24.3 Å². The molecule has 5 heteroatoms. The molecular weight excluding hydrogens is 292 g/mol. The van der Waals surface area contributed by atoms with Crippen LogP contribution in [-0.2, 0) is 11.2 Å². The number of carbonyl (C=O) groups is 2. The molecule has 1 aromatic heterocycles. The first-order valence-electron chi connectivity index (χ1n) is 7.19. The third-order valence-electron chi connectivity index (χ3n) is 3.81. The van der Waals surface area contributed by atoms with Gasteiger partial charge >= 0.3 is 0 Å². The first kappa shape index (κ1) is 13.5. The Hall–Kier alpha value is -3.21. The highest BCUT2D eigenvalue weighted by atomic mass is 16.5. The first-order valence-corrected chi connectivity index (χ1v) is 7.19. The molecule has 0 radical (unpaired) electrons. The normalized spacial score (nSPS) is 13.6. The van der Waals surface area contributed by atoms with Crippen molar-refractivity contribution in [1.82, 2.24) is 10.3 Å². The van der Waals surface area contributed by atoms with Crippen molar-refractivity contribution < 1.29 is 14.3 Å². The second-order valence-electron chi connectivity index (χ2n) is 5.30. The zero-order valence-electron chi connectivity index (χ0n) is 12.1. The van der Waals surface area contributed by atoms with Crippen LogP contribution < -0.4 is 10.1 Å². The highest BCUT2D eigenvalue weighted by Crippen LogP contribution is 2.33. The van der Waals surface area contributed by atoms with Gasteiger partial charge in [0.25, 0.3) is 5.91 Å². The largest absolute Gasteiger partial charge is 0.456 e. The minimum absolute atomic E-state index is 0.176. The standard InChI is InChI=1S/C18H12N2O3/c21-16-9-12-4-2-6-15(17(12)18(22)20-16)23-14-5-1-3-11-7-8-19-10-13(11)14/h1-8,10H,9H2,(H,20,21,22). The second-order valence-corrected chi connectivity index (χ2v) is 5.30. The molecule has 1 aliphatic rings. The molecule has 2 amide bonds. The van der Waals surface area contributed by atoms with E-state index in [1.165, 1.54) is 0 Å². The summed E-state index contributed by atoms with van der Waals surface area (Å²) in [4.78, 5) is 27.8. The Labute approximate surface area is 131 Å². The van der Waals surface area contributed by atoms with E-state index in [0.717, 1.165) is 10.8 Å². The average molecular weight is 304 g/mol. The van der Waals surface area contributed by atoms with Crippen molar-refractivity contribution >= 4 is 22.6 Å². The molecule has 0 saturated carbocycles. The minimum atomic E-state index is -0.426. The summed E-state index contributed by atoms with van der Waals surface area (Å²) in [5.74, 6) is 0.330. The summed E-state index contributed by atoms with van der Waals surface area (Å²) in [6.07, 6.45) is 3.62. The van der Waals surface area contributed by atoms with Crippen molar-refractivity contribution in [1.29, 1.82) is 0 Å². The van der Waals surface area contributed by atoms with Gasteiger partial charge < -0.3 is 4.74 Å². The predicted molar refractivity (Wildman–Crippen MR) is 84.4 cm³/mol. The molecule has 0 saturated heterocycles. The van der Waals surface area contributed by atoms with Crippen LogP contribution in [0.15, 0.2) is 54.9 Å². The Morgan fingerprint density at radius 2 is 1.83 bits per heavy atom. The molecule has 4 rings (SSSR count). The summed E-state index contributed by atoms with van der Waals surface area (Å²) in [7, 11) is 0.